The minimum Gasteiger partial charge on any atom is -0.469 e. The van der Waals surface area contributed by atoms with Crippen molar-refractivity contribution in [2.45, 2.75) is 38.1 Å². The van der Waals surface area contributed by atoms with Gasteiger partial charge in [0.2, 0.25) is 0 Å². The Balaban J connectivity index is 1.53. The lowest BCUT2D eigenvalue weighted by Crippen LogP contribution is -2.37. The number of methoxy groups -OCH3 is 1. The van der Waals surface area contributed by atoms with Gasteiger partial charge in [-0.05, 0) is 43.7 Å². The Hall–Kier alpha value is -2.63. The molecule has 28 heavy (non-hydrogen) atoms. The zero-order valence-electron chi connectivity index (χ0n) is 16.1. The van der Waals surface area contributed by atoms with Crippen molar-refractivity contribution in [2.75, 3.05) is 25.1 Å². The topological polar surface area (TPSA) is 71.5 Å². The number of esters is 1. The van der Waals surface area contributed by atoms with Crippen LogP contribution in [0.3, 0.4) is 0 Å². The molecule has 2 atom stereocenters. The molecule has 6 nitrogen and oxygen atoms in total. The maximum Gasteiger partial charge on any atom is 0.313 e. The molecule has 2 saturated carbocycles. The molecule has 1 saturated heterocycles. The van der Waals surface area contributed by atoms with Crippen molar-refractivity contribution >= 4 is 28.6 Å². The molecule has 2 heterocycles. The van der Waals surface area contributed by atoms with E-state index in [1.807, 2.05) is 30.3 Å². The molecule has 3 aliphatic rings. The van der Waals surface area contributed by atoms with Gasteiger partial charge in [0.05, 0.1) is 23.6 Å². The summed E-state index contributed by atoms with van der Waals surface area (Å²) in [5.41, 5.74) is 1.04. The first kappa shape index (κ1) is 17.5. The van der Waals surface area contributed by atoms with Gasteiger partial charge in [0.1, 0.15) is 5.82 Å². The predicted molar refractivity (Wildman–Crippen MR) is 106 cm³/mol. The summed E-state index contributed by atoms with van der Waals surface area (Å²) in [6.45, 7) is 1.39. The van der Waals surface area contributed by atoms with Crippen molar-refractivity contribution in [3.63, 3.8) is 0 Å². The number of benzene rings is 1. The van der Waals surface area contributed by atoms with Crippen molar-refractivity contribution in [1.29, 1.82) is 0 Å². The number of fused-ring (bicyclic) bond motifs is 2. The maximum absolute atomic E-state index is 12.9. The summed E-state index contributed by atoms with van der Waals surface area (Å²) >= 11 is 0. The normalized spacial score (nSPS) is 26.3. The van der Waals surface area contributed by atoms with E-state index in [9.17, 15) is 9.59 Å². The molecule has 146 valence electrons. The highest BCUT2D eigenvalue weighted by atomic mass is 16.5. The van der Waals surface area contributed by atoms with Crippen LogP contribution in [-0.2, 0) is 9.53 Å². The standard InChI is InChI=1S/C22H25N3O3/c1-28-21(27)22-10-4-5-14(22)12-25(13-22)19-11-17(20(26)23-15-8-9-15)16-6-2-3-7-18(16)24-19/h2-3,6-7,11,14-15H,4-5,8-10,12-13H2,1H3,(H,23,26). The van der Waals surface area contributed by atoms with Gasteiger partial charge in [0, 0.05) is 24.5 Å². The van der Waals surface area contributed by atoms with Crippen LogP contribution in [0.4, 0.5) is 5.82 Å². The number of hydrogen-bond acceptors (Lipinski definition) is 5. The second-order valence-corrected chi connectivity index (χ2v) is 8.41. The second-order valence-electron chi connectivity index (χ2n) is 8.41. The van der Waals surface area contributed by atoms with Gasteiger partial charge in [-0.15, -0.1) is 0 Å². The van der Waals surface area contributed by atoms with Crippen molar-refractivity contribution < 1.29 is 14.3 Å². The Morgan fingerprint density at radius 1 is 1.25 bits per heavy atom. The summed E-state index contributed by atoms with van der Waals surface area (Å²) in [7, 11) is 1.48. The lowest BCUT2D eigenvalue weighted by molar-refractivity contribution is -0.152. The molecule has 1 aromatic carbocycles. The highest BCUT2D eigenvalue weighted by Gasteiger charge is 2.55. The fraction of sp³-hybridized carbons (Fsp3) is 0.500. The molecule has 3 fully saturated rings. The van der Waals surface area contributed by atoms with E-state index in [0.717, 1.165) is 55.4 Å². The number of para-hydroxylation sites is 1. The van der Waals surface area contributed by atoms with E-state index in [-0.39, 0.29) is 17.8 Å². The molecule has 2 unspecified atom stereocenters. The van der Waals surface area contributed by atoms with Gasteiger partial charge in [-0.3, -0.25) is 9.59 Å². The van der Waals surface area contributed by atoms with E-state index < -0.39 is 5.41 Å². The molecule has 2 aromatic rings. The molecule has 0 spiro atoms. The SMILES string of the molecule is COC(=O)C12CCCC1CN(c1cc(C(=O)NC3CC3)c3ccccc3n1)C2. The minimum absolute atomic E-state index is 0.0376. The van der Waals surface area contributed by atoms with Crippen LogP contribution in [0, 0.1) is 11.3 Å². The van der Waals surface area contributed by atoms with Gasteiger partial charge >= 0.3 is 5.97 Å². The number of pyridine rings is 1. The van der Waals surface area contributed by atoms with Crippen molar-refractivity contribution in [3.05, 3.63) is 35.9 Å². The van der Waals surface area contributed by atoms with E-state index in [1.54, 1.807) is 0 Å². The Morgan fingerprint density at radius 3 is 2.86 bits per heavy atom. The van der Waals surface area contributed by atoms with Crippen molar-refractivity contribution in [2.24, 2.45) is 11.3 Å². The molecule has 1 amide bonds. The molecule has 1 aromatic heterocycles. The first-order chi connectivity index (χ1) is 13.6. The summed E-state index contributed by atoms with van der Waals surface area (Å²) in [6, 6.07) is 9.96. The van der Waals surface area contributed by atoms with Gasteiger partial charge in [0.25, 0.3) is 5.91 Å². The fourth-order valence-electron chi connectivity index (χ4n) is 5.00. The lowest BCUT2D eigenvalue weighted by Gasteiger charge is -2.26. The van der Waals surface area contributed by atoms with Gasteiger partial charge in [0.15, 0.2) is 0 Å². The van der Waals surface area contributed by atoms with Gasteiger partial charge in [-0.1, -0.05) is 24.6 Å². The van der Waals surface area contributed by atoms with Crippen LogP contribution in [0.1, 0.15) is 42.5 Å². The number of carbonyl (C=O) groups is 2. The number of aromatic nitrogens is 1. The third-order valence-electron chi connectivity index (χ3n) is 6.65. The highest BCUT2D eigenvalue weighted by Crippen LogP contribution is 2.50. The maximum atomic E-state index is 12.9. The van der Waals surface area contributed by atoms with Crippen LogP contribution in [0.2, 0.25) is 0 Å². The van der Waals surface area contributed by atoms with Crippen molar-refractivity contribution in [1.82, 2.24) is 10.3 Å². The monoisotopic (exact) mass is 379 g/mol. The third kappa shape index (κ3) is 2.74. The van der Waals surface area contributed by atoms with Gasteiger partial charge < -0.3 is 15.0 Å². The summed E-state index contributed by atoms with van der Waals surface area (Å²) in [4.78, 5) is 32.4. The molecule has 6 heteroatoms. The van der Waals surface area contributed by atoms with E-state index in [2.05, 4.69) is 10.2 Å². The molecule has 0 radical (unpaired) electrons. The largest absolute Gasteiger partial charge is 0.469 e. The van der Waals surface area contributed by atoms with Crippen LogP contribution >= 0.6 is 0 Å². The molecule has 5 rings (SSSR count). The average Bonchev–Trinajstić information content (AvgIpc) is 3.31. The van der Waals surface area contributed by atoms with Crippen LogP contribution < -0.4 is 10.2 Å². The number of nitrogens with zero attached hydrogens (tertiary/aromatic N) is 2. The summed E-state index contributed by atoms with van der Waals surface area (Å²) in [5, 5.41) is 3.96. The first-order valence-electron chi connectivity index (χ1n) is 10.1. The quantitative estimate of drug-likeness (QED) is 0.827. The summed E-state index contributed by atoms with van der Waals surface area (Å²) < 4.78 is 5.16. The number of carbonyl (C=O) groups excluding carboxylic acids is 2. The summed E-state index contributed by atoms with van der Waals surface area (Å²) in [5.74, 6) is 0.920. The van der Waals surface area contributed by atoms with Gasteiger partial charge in [-0.2, -0.15) is 0 Å². The Morgan fingerprint density at radius 2 is 2.07 bits per heavy atom. The Kier molecular flexibility index (Phi) is 4.03. The van der Waals surface area contributed by atoms with Gasteiger partial charge in [-0.25, -0.2) is 4.98 Å². The summed E-state index contributed by atoms with van der Waals surface area (Å²) in [6.07, 6.45) is 5.07. The minimum atomic E-state index is -0.432. The van der Waals surface area contributed by atoms with Crippen LogP contribution in [0.25, 0.3) is 10.9 Å². The lowest BCUT2D eigenvalue weighted by atomic mass is 9.81. The fourth-order valence-corrected chi connectivity index (χ4v) is 5.00. The highest BCUT2D eigenvalue weighted by molar-refractivity contribution is 6.07. The Bertz CT molecular complexity index is 955. The Labute approximate surface area is 164 Å². The zero-order chi connectivity index (χ0) is 19.3. The molecule has 1 aliphatic heterocycles. The number of anilines is 1. The third-order valence-corrected chi connectivity index (χ3v) is 6.65. The molecule has 2 aliphatic carbocycles. The predicted octanol–water partition coefficient (Wildman–Crippen LogP) is 2.91. The number of rotatable bonds is 4. The first-order valence-corrected chi connectivity index (χ1v) is 10.1. The van der Waals surface area contributed by atoms with Crippen LogP contribution in [-0.4, -0.2) is 43.1 Å². The van der Waals surface area contributed by atoms with E-state index in [4.69, 9.17) is 9.72 Å². The molecule has 1 N–H and O–H groups in total. The smallest absolute Gasteiger partial charge is 0.313 e. The molecule has 0 bridgehead atoms. The van der Waals surface area contributed by atoms with Crippen molar-refractivity contribution in [3.8, 4) is 0 Å². The van der Waals surface area contributed by atoms with E-state index in [1.165, 1.54) is 7.11 Å². The number of amides is 1. The second kappa shape index (κ2) is 6.47. The molecular weight excluding hydrogens is 354 g/mol. The number of ether oxygens (including phenoxy) is 1. The van der Waals surface area contributed by atoms with Crippen LogP contribution in [0.15, 0.2) is 30.3 Å². The van der Waals surface area contributed by atoms with E-state index in [0.29, 0.717) is 18.2 Å². The number of hydrogen-bond donors (Lipinski definition) is 1. The number of nitrogens with one attached hydrogen (secondary N) is 1. The molecular formula is C22H25N3O3. The van der Waals surface area contributed by atoms with E-state index >= 15 is 0 Å². The zero-order valence-corrected chi connectivity index (χ0v) is 16.1. The van der Waals surface area contributed by atoms with Crippen LogP contribution in [0.5, 0.6) is 0 Å². The average molecular weight is 379 g/mol.